The molecular formula is C30H43N3O3S. The number of allylic oxidation sites excluding steroid dienone is 2. The number of aryl methyl sites for hydroxylation is 1. The van der Waals surface area contributed by atoms with Gasteiger partial charge in [-0.15, -0.1) is 11.3 Å². The number of aromatic nitrogens is 1. The van der Waals surface area contributed by atoms with Crippen molar-refractivity contribution < 1.29 is 14.3 Å². The van der Waals surface area contributed by atoms with Crippen LogP contribution in [0, 0.1) is 12.8 Å². The molecule has 202 valence electrons. The number of anilines is 1. The Morgan fingerprint density at radius 3 is 2.41 bits per heavy atom. The molecule has 0 unspecified atom stereocenters. The maximum Gasteiger partial charge on any atom is 0.407 e. The van der Waals surface area contributed by atoms with E-state index in [0.717, 1.165) is 52.0 Å². The standard InChI is InChI=1S/C25H31N3O3S.C5H12/c1-16-13-20(12-11-18(16)10-9-17(2)29)22-15-32-23(28-22)27-21(19-7-6-8-19)14-26-24(30)31-25(3,4)5;1-4-5(2)3/h9-13,15H,6-8,14H2,1-5H3,(H,26,30)(H,27,28);5H,4H2,1-3H3/b10-9-;. The maximum absolute atomic E-state index is 12.1. The van der Waals surface area contributed by atoms with E-state index in [2.05, 4.69) is 37.5 Å². The molecule has 0 spiro atoms. The van der Waals surface area contributed by atoms with Crippen molar-refractivity contribution in [2.75, 3.05) is 11.9 Å². The van der Waals surface area contributed by atoms with Crippen LogP contribution in [0.5, 0.6) is 0 Å². The van der Waals surface area contributed by atoms with Crippen molar-refractivity contribution in [3.05, 3.63) is 52.1 Å². The number of hydrogen-bond acceptors (Lipinski definition) is 6. The predicted octanol–water partition coefficient (Wildman–Crippen LogP) is 8.15. The second kappa shape index (κ2) is 14.1. The van der Waals surface area contributed by atoms with E-state index in [1.807, 2.05) is 51.3 Å². The Morgan fingerprint density at radius 2 is 1.89 bits per heavy atom. The number of ether oxygens (including phenoxy) is 1. The Balaban J connectivity index is 0.000000877. The molecule has 1 aliphatic rings. The molecule has 1 aromatic heterocycles. The second-order valence-electron chi connectivity index (χ2n) is 10.8. The Hall–Kier alpha value is -2.93. The van der Waals surface area contributed by atoms with E-state index in [1.165, 1.54) is 29.8 Å². The zero-order valence-electron chi connectivity index (χ0n) is 23.7. The summed E-state index contributed by atoms with van der Waals surface area (Å²) in [7, 11) is 0. The molecule has 1 aliphatic carbocycles. The van der Waals surface area contributed by atoms with Crippen LogP contribution in [0.15, 0.2) is 40.9 Å². The highest BCUT2D eigenvalue weighted by Gasteiger charge is 2.19. The van der Waals surface area contributed by atoms with Crippen molar-refractivity contribution in [1.82, 2.24) is 10.3 Å². The van der Waals surface area contributed by atoms with E-state index >= 15 is 0 Å². The minimum Gasteiger partial charge on any atom is -0.444 e. The number of thiazole rings is 1. The van der Waals surface area contributed by atoms with Crippen molar-refractivity contribution in [1.29, 1.82) is 0 Å². The smallest absolute Gasteiger partial charge is 0.407 e. The molecule has 0 bridgehead atoms. The van der Waals surface area contributed by atoms with Crippen LogP contribution < -0.4 is 10.6 Å². The summed E-state index contributed by atoms with van der Waals surface area (Å²) in [6, 6.07) is 6.10. The molecule has 37 heavy (non-hydrogen) atoms. The van der Waals surface area contributed by atoms with E-state index in [9.17, 15) is 9.59 Å². The number of carbonyl (C=O) groups is 2. The zero-order valence-corrected chi connectivity index (χ0v) is 24.5. The molecule has 0 saturated heterocycles. The lowest BCUT2D eigenvalue weighted by atomic mass is 9.90. The molecule has 1 fully saturated rings. The van der Waals surface area contributed by atoms with Gasteiger partial charge in [-0.2, -0.15) is 0 Å². The van der Waals surface area contributed by atoms with Crippen molar-refractivity contribution in [2.24, 2.45) is 5.92 Å². The van der Waals surface area contributed by atoms with Gasteiger partial charge in [0.15, 0.2) is 10.9 Å². The maximum atomic E-state index is 12.1. The largest absolute Gasteiger partial charge is 0.444 e. The SMILES string of the molecule is CC(=O)/C=C\c1ccc(-c2csc(NC(CNC(=O)OC(C)(C)C)=C3CCC3)n2)cc1C.CCC(C)C. The van der Waals surface area contributed by atoms with Crippen LogP contribution in [-0.4, -0.2) is 29.0 Å². The van der Waals surface area contributed by atoms with Crippen LogP contribution in [-0.2, 0) is 9.53 Å². The second-order valence-corrected chi connectivity index (χ2v) is 11.6. The number of amides is 1. The average molecular weight is 526 g/mol. The summed E-state index contributed by atoms with van der Waals surface area (Å²) in [4.78, 5) is 28.0. The summed E-state index contributed by atoms with van der Waals surface area (Å²) in [5, 5.41) is 9.07. The molecule has 0 aliphatic heterocycles. The first-order valence-electron chi connectivity index (χ1n) is 13.1. The minimum absolute atomic E-state index is 0.0289. The molecule has 2 aromatic rings. The highest BCUT2D eigenvalue weighted by molar-refractivity contribution is 7.14. The first-order chi connectivity index (χ1) is 17.4. The lowest BCUT2D eigenvalue weighted by Gasteiger charge is -2.24. The van der Waals surface area contributed by atoms with Crippen LogP contribution in [0.4, 0.5) is 9.93 Å². The van der Waals surface area contributed by atoms with Crippen molar-refractivity contribution in [3.63, 3.8) is 0 Å². The molecule has 2 N–H and O–H groups in total. The lowest BCUT2D eigenvalue weighted by molar-refractivity contribution is -0.112. The molecule has 1 amide bonds. The summed E-state index contributed by atoms with van der Waals surface area (Å²) < 4.78 is 5.35. The van der Waals surface area contributed by atoms with Gasteiger partial charge in [-0.3, -0.25) is 4.79 Å². The van der Waals surface area contributed by atoms with E-state index in [0.29, 0.717) is 6.54 Å². The highest BCUT2D eigenvalue weighted by atomic mass is 32.1. The molecule has 1 saturated carbocycles. The number of alkyl carbamates (subject to hydrolysis) is 1. The third-order valence-corrected chi connectivity index (χ3v) is 6.59. The van der Waals surface area contributed by atoms with Gasteiger partial charge in [-0.1, -0.05) is 45.4 Å². The summed E-state index contributed by atoms with van der Waals surface area (Å²) in [5.74, 6) is 0.913. The number of rotatable bonds is 8. The van der Waals surface area contributed by atoms with Gasteiger partial charge >= 0.3 is 6.09 Å². The molecule has 7 heteroatoms. The molecular weight excluding hydrogens is 482 g/mol. The number of benzene rings is 1. The third-order valence-electron chi connectivity index (χ3n) is 5.83. The van der Waals surface area contributed by atoms with Crippen molar-refractivity contribution >= 4 is 34.4 Å². The molecule has 0 atom stereocenters. The molecule has 0 radical (unpaired) electrons. The first-order valence-corrected chi connectivity index (χ1v) is 14.0. The van der Waals surface area contributed by atoms with Crippen LogP contribution in [0.1, 0.15) is 85.3 Å². The summed E-state index contributed by atoms with van der Waals surface area (Å²) in [6.07, 6.45) is 7.53. The number of ketones is 1. The third kappa shape index (κ3) is 10.9. The molecule has 1 heterocycles. The van der Waals surface area contributed by atoms with Gasteiger partial charge in [0, 0.05) is 16.6 Å². The first kappa shape index (κ1) is 30.3. The van der Waals surface area contributed by atoms with Gasteiger partial charge in [0.25, 0.3) is 0 Å². The molecule has 6 nitrogen and oxygen atoms in total. The number of nitrogens with one attached hydrogen (secondary N) is 2. The van der Waals surface area contributed by atoms with Crippen LogP contribution in [0.2, 0.25) is 0 Å². The van der Waals surface area contributed by atoms with Gasteiger partial charge in [0.1, 0.15) is 5.60 Å². The van der Waals surface area contributed by atoms with E-state index in [4.69, 9.17) is 9.72 Å². The Labute approximate surface area is 226 Å². The Bertz CT molecular complexity index is 1120. The van der Waals surface area contributed by atoms with Gasteiger partial charge in [0.2, 0.25) is 0 Å². The average Bonchev–Trinajstić information content (AvgIpc) is 3.23. The fourth-order valence-electron chi connectivity index (χ4n) is 3.21. The molecule has 3 rings (SSSR count). The highest BCUT2D eigenvalue weighted by Crippen LogP contribution is 2.32. The van der Waals surface area contributed by atoms with Crippen LogP contribution in [0.3, 0.4) is 0 Å². The quantitative estimate of drug-likeness (QED) is 0.340. The van der Waals surface area contributed by atoms with Crippen molar-refractivity contribution in [3.8, 4) is 11.3 Å². The van der Waals surface area contributed by atoms with Gasteiger partial charge < -0.3 is 15.4 Å². The fourth-order valence-corrected chi connectivity index (χ4v) is 3.95. The summed E-state index contributed by atoms with van der Waals surface area (Å²) >= 11 is 1.53. The normalized spacial score (nSPS) is 13.1. The number of nitrogens with zero attached hydrogens (tertiary/aromatic N) is 1. The predicted molar refractivity (Wildman–Crippen MR) is 156 cm³/mol. The topological polar surface area (TPSA) is 80.3 Å². The van der Waals surface area contributed by atoms with Crippen LogP contribution in [0.25, 0.3) is 17.3 Å². The van der Waals surface area contributed by atoms with Gasteiger partial charge in [0.05, 0.1) is 12.2 Å². The van der Waals surface area contributed by atoms with Crippen molar-refractivity contribution in [2.45, 2.75) is 86.7 Å². The summed E-state index contributed by atoms with van der Waals surface area (Å²) in [6.45, 7) is 16.1. The van der Waals surface area contributed by atoms with Crippen LogP contribution >= 0.6 is 11.3 Å². The van der Waals surface area contributed by atoms with E-state index < -0.39 is 11.7 Å². The Morgan fingerprint density at radius 1 is 1.22 bits per heavy atom. The number of carbonyl (C=O) groups excluding carboxylic acids is 2. The number of hydrogen-bond donors (Lipinski definition) is 2. The Kier molecular flexibility index (Phi) is 11.6. The zero-order chi connectivity index (χ0) is 27.6. The minimum atomic E-state index is -0.527. The van der Waals surface area contributed by atoms with E-state index in [-0.39, 0.29) is 5.78 Å². The lowest BCUT2D eigenvalue weighted by Crippen LogP contribution is -2.35. The van der Waals surface area contributed by atoms with Gasteiger partial charge in [-0.25, -0.2) is 9.78 Å². The molecule has 1 aromatic carbocycles. The van der Waals surface area contributed by atoms with E-state index in [1.54, 1.807) is 13.0 Å². The fraction of sp³-hybridized carbons (Fsp3) is 0.500. The monoisotopic (exact) mass is 525 g/mol. The summed E-state index contributed by atoms with van der Waals surface area (Å²) in [5.41, 5.74) is 5.79. The van der Waals surface area contributed by atoms with Gasteiger partial charge in [-0.05, 0) is 88.6 Å².